The number of hydrogen-bond donors (Lipinski definition) is 1. The maximum Gasteiger partial charge on any atom is 0.337 e. The van der Waals surface area contributed by atoms with E-state index in [1.54, 1.807) is 6.20 Å². The normalized spacial score (nSPS) is 14.2. The lowest BCUT2D eigenvalue weighted by Crippen LogP contribution is -2.31. The number of nitrogens with zero attached hydrogens (tertiary/aromatic N) is 4. The highest BCUT2D eigenvalue weighted by atomic mass is 16.5. The number of pyridine rings is 2. The molecule has 1 aliphatic heterocycles. The zero-order valence-electron chi connectivity index (χ0n) is 23.8. The molecule has 0 bridgehead atoms. The van der Waals surface area contributed by atoms with Gasteiger partial charge in [-0.2, -0.15) is 0 Å². The van der Waals surface area contributed by atoms with Crippen LogP contribution in [0.1, 0.15) is 49.3 Å². The van der Waals surface area contributed by atoms with Gasteiger partial charge in [-0.05, 0) is 88.6 Å². The minimum Gasteiger partial charge on any atom is -0.479 e. The van der Waals surface area contributed by atoms with Crippen LogP contribution in [0, 0.1) is 20.8 Å². The van der Waals surface area contributed by atoms with Crippen LogP contribution in [-0.4, -0.2) is 37.8 Å². The number of rotatable bonds is 5. The zero-order valence-corrected chi connectivity index (χ0v) is 23.8. The van der Waals surface area contributed by atoms with Crippen molar-refractivity contribution >= 4 is 39.4 Å². The van der Waals surface area contributed by atoms with Gasteiger partial charge in [0.05, 0.1) is 27.8 Å². The molecule has 5 aromatic rings. The molecule has 7 heteroatoms. The summed E-state index contributed by atoms with van der Waals surface area (Å²) < 4.78 is 8.65. The fourth-order valence-electron chi connectivity index (χ4n) is 5.96. The lowest BCUT2D eigenvalue weighted by Gasteiger charge is -2.35. The zero-order chi connectivity index (χ0) is 28.3. The summed E-state index contributed by atoms with van der Waals surface area (Å²) in [4.78, 5) is 24.6. The van der Waals surface area contributed by atoms with Crippen LogP contribution in [0.2, 0.25) is 0 Å². The predicted octanol–water partition coefficient (Wildman–Crippen LogP) is 7.27. The van der Waals surface area contributed by atoms with Crippen LogP contribution < -0.4 is 4.90 Å². The second-order valence-corrected chi connectivity index (χ2v) is 11.6. The number of fused-ring (bicyclic) bond motifs is 1. The molecule has 0 aliphatic carbocycles. The monoisotopic (exact) mass is 534 g/mol. The van der Waals surface area contributed by atoms with Crippen molar-refractivity contribution in [2.24, 2.45) is 0 Å². The molecule has 2 aromatic carbocycles. The van der Waals surface area contributed by atoms with E-state index in [0.717, 1.165) is 67.9 Å². The summed E-state index contributed by atoms with van der Waals surface area (Å²) >= 11 is 0. The van der Waals surface area contributed by atoms with E-state index < -0.39 is 17.7 Å². The molecule has 1 aliphatic rings. The molecule has 0 fully saturated rings. The molecule has 0 amide bonds. The Bertz CT molecular complexity index is 1780. The lowest BCUT2D eigenvalue weighted by molar-refractivity contribution is -0.160. The number of aromatic nitrogens is 3. The molecular formula is C33H34N4O3. The summed E-state index contributed by atoms with van der Waals surface area (Å²) in [5, 5.41) is 11.6. The maximum absolute atomic E-state index is 12.9. The first kappa shape index (κ1) is 26.0. The summed E-state index contributed by atoms with van der Waals surface area (Å²) in [6, 6.07) is 18.3. The minimum absolute atomic E-state index is 0.666. The van der Waals surface area contributed by atoms with Crippen molar-refractivity contribution in [2.75, 3.05) is 11.4 Å². The molecule has 6 rings (SSSR count). The van der Waals surface area contributed by atoms with E-state index in [2.05, 4.69) is 58.6 Å². The number of aryl methyl sites for hydroxylation is 2. The average molecular weight is 535 g/mol. The molecule has 1 N–H and O–H groups in total. The Morgan fingerprint density at radius 2 is 1.75 bits per heavy atom. The molecule has 4 heterocycles. The van der Waals surface area contributed by atoms with Gasteiger partial charge in [-0.25, -0.2) is 9.78 Å². The van der Waals surface area contributed by atoms with Crippen LogP contribution in [0.25, 0.3) is 33.1 Å². The molecule has 0 saturated heterocycles. The van der Waals surface area contributed by atoms with Gasteiger partial charge in [0.2, 0.25) is 0 Å². The molecule has 7 nitrogen and oxygen atoms in total. The highest BCUT2D eigenvalue weighted by molar-refractivity contribution is 6.08. The van der Waals surface area contributed by atoms with Crippen LogP contribution in [0.5, 0.6) is 0 Å². The van der Waals surface area contributed by atoms with Crippen LogP contribution in [0.15, 0.2) is 60.8 Å². The number of benzene rings is 2. The Balaban J connectivity index is 1.70. The van der Waals surface area contributed by atoms with Gasteiger partial charge in [-0.15, -0.1) is 0 Å². The van der Waals surface area contributed by atoms with E-state index >= 15 is 0 Å². The fraction of sp³-hybridized carbons (Fsp3) is 0.303. The quantitative estimate of drug-likeness (QED) is 0.255. The van der Waals surface area contributed by atoms with E-state index in [1.807, 2.05) is 52.0 Å². The van der Waals surface area contributed by atoms with Crippen LogP contribution >= 0.6 is 0 Å². The summed E-state index contributed by atoms with van der Waals surface area (Å²) in [5.74, 6) is -0.195. The van der Waals surface area contributed by atoms with E-state index in [0.29, 0.717) is 12.1 Å². The van der Waals surface area contributed by atoms with Crippen molar-refractivity contribution in [1.29, 1.82) is 0 Å². The third-order valence-corrected chi connectivity index (χ3v) is 7.66. The number of carboxylic acids is 1. The second-order valence-electron chi connectivity index (χ2n) is 11.6. The molecule has 0 radical (unpaired) electrons. The van der Waals surface area contributed by atoms with Crippen molar-refractivity contribution in [3.05, 3.63) is 83.2 Å². The fourth-order valence-corrected chi connectivity index (χ4v) is 5.96. The Labute approximate surface area is 234 Å². The molecule has 0 spiro atoms. The van der Waals surface area contributed by atoms with Crippen molar-refractivity contribution in [2.45, 2.75) is 59.8 Å². The smallest absolute Gasteiger partial charge is 0.337 e. The Morgan fingerprint density at radius 1 is 1.00 bits per heavy atom. The number of ether oxygens (including phenoxy) is 1. The highest BCUT2D eigenvalue weighted by Gasteiger charge is 2.36. The van der Waals surface area contributed by atoms with Crippen LogP contribution in [-0.2, 0) is 16.1 Å². The second kappa shape index (κ2) is 9.45. The summed E-state index contributed by atoms with van der Waals surface area (Å²) in [6.45, 7) is 13.4. The minimum atomic E-state index is -1.15. The third kappa shape index (κ3) is 4.31. The van der Waals surface area contributed by atoms with Gasteiger partial charge in [0.1, 0.15) is 5.82 Å². The van der Waals surface area contributed by atoms with E-state index in [1.165, 1.54) is 0 Å². The van der Waals surface area contributed by atoms with E-state index in [9.17, 15) is 9.90 Å². The average Bonchev–Trinajstić information content (AvgIpc) is 3.25. The Hall–Kier alpha value is -4.23. The number of hydrogen-bond acceptors (Lipinski definition) is 5. The van der Waals surface area contributed by atoms with Gasteiger partial charge in [0.15, 0.2) is 6.10 Å². The summed E-state index contributed by atoms with van der Waals surface area (Å²) in [6.07, 6.45) is 0.615. The predicted molar refractivity (Wildman–Crippen MR) is 159 cm³/mol. The Morgan fingerprint density at radius 3 is 2.45 bits per heavy atom. The molecule has 40 heavy (non-hydrogen) atoms. The highest BCUT2D eigenvalue weighted by Crippen LogP contribution is 2.49. The molecule has 204 valence electrons. The van der Waals surface area contributed by atoms with Crippen molar-refractivity contribution in [3.63, 3.8) is 0 Å². The molecule has 0 unspecified atom stereocenters. The van der Waals surface area contributed by atoms with Crippen LogP contribution in [0.4, 0.5) is 11.5 Å². The lowest BCUT2D eigenvalue weighted by atomic mass is 9.87. The van der Waals surface area contributed by atoms with Gasteiger partial charge < -0.3 is 19.3 Å². The van der Waals surface area contributed by atoms with Crippen LogP contribution in [0.3, 0.4) is 0 Å². The molecule has 1 atom stereocenters. The summed E-state index contributed by atoms with van der Waals surface area (Å²) in [5.41, 5.74) is 8.79. The number of aliphatic carboxylic acids is 1. The standard InChI is InChI=1S/C33H34N4O3/c1-19-9-11-22(12-10-19)28-23-18-20(2)36-16-17-37(26-14-13-24-25(35-26)8-7-15-34-24)29(30(23)36)21(3)27(28)31(32(38)39)40-33(4,5)6/h7-15,18,31H,16-17H2,1-6H3,(H,38,39)/t31-/m0/s1. The first-order chi connectivity index (χ1) is 19.0. The van der Waals surface area contributed by atoms with Gasteiger partial charge in [0.25, 0.3) is 0 Å². The first-order valence-corrected chi connectivity index (χ1v) is 13.7. The van der Waals surface area contributed by atoms with E-state index in [4.69, 9.17) is 9.72 Å². The third-order valence-electron chi connectivity index (χ3n) is 7.66. The molecular weight excluding hydrogens is 500 g/mol. The first-order valence-electron chi connectivity index (χ1n) is 13.7. The largest absolute Gasteiger partial charge is 0.479 e. The number of carboxylic acid groups (broad SMARTS) is 1. The number of anilines is 2. The molecule has 3 aromatic heterocycles. The van der Waals surface area contributed by atoms with Gasteiger partial charge in [0, 0.05) is 35.9 Å². The summed E-state index contributed by atoms with van der Waals surface area (Å²) in [7, 11) is 0. The maximum atomic E-state index is 12.9. The Kier molecular flexibility index (Phi) is 6.15. The topological polar surface area (TPSA) is 80.5 Å². The van der Waals surface area contributed by atoms with Gasteiger partial charge >= 0.3 is 5.97 Å². The van der Waals surface area contributed by atoms with Crippen molar-refractivity contribution in [3.8, 4) is 11.1 Å². The van der Waals surface area contributed by atoms with Gasteiger partial charge in [-0.3, -0.25) is 4.98 Å². The SMILES string of the molecule is Cc1ccc(-c2c([C@H](OC(C)(C)C)C(=O)O)c(C)c3c4c2cc(C)n4CCN3c2ccc3ncccc3n2)cc1. The van der Waals surface area contributed by atoms with E-state index in [-0.39, 0.29) is 0 Å². The van der Waals surface area contributed by atoms with Gasteiger partial charge in [-0.1, -0.05) is 29.8 Å². The molecule has 0 saturated carbocycles. The van der Waals surface area contributed by atoms with Crippen molar-refractivity contribution < 1.29 is 14.6 Å². The number of carbonyl (C=O) groups is 1. The van der Waals surface area contributed by atoms with Crippen molar-refractivity contribution in [1.82, 2.24) is 14.5 Å².